The molecule has 0 atom stereocenters. The van der Waals surface area contributed by atoms with Crippen LogP contribution < -0.4 is 5.32 Å². The van der Waals surface area contributed by atoms with Crippen molar-refractivity contribution in [3.8, 4) is 0 Å². The second-order valence-electron chi connectivity index (χ2n) is 6.31. The number of methoxy groups -OCH3 is 2. The minimum Gasteiger partial charge on any atom is -0.465 e. The third-order valence-corrected chi connectivity index (χ3v) is 4.50. The van der Waals surface area contributed by atoms with Gasteiger partial charge in [0, 0.05) is 24.2 Å². The molecule has 0 radical (unpaired) electrons. The van der Waals surface area contributed by atoms with Crippen molar-refractivity contribution in [3.63, 3.8) is 0 Å². The molecule has 10 nitrogen and oxygen atoms in total. The number of nitrogens with one attached hydrogen (secondary N) is 1. The van der Waals surface area contributed by atoms with Gasteiger partial charge in [-0.15, -0.1) is 0 Å². The lowest BCUT2D eigenvalue weighted by molar-refractivity contribution is -0.384. The van der Waals surface area contributed by atoms with Crippen LogP contribution in [0.5, 0.6) is 0 Å². The fourth-order valence-electron chi connectivity index (χ4n) is 3.07. The number of carbonyl (C=O) groups is 3. The molecular weight excluding hydrogens is 394 g/mol. The van der Waals surface area contributed by atoms with Crippen LogP contribution in [-0.4, -0.2) is 41.6 Å². The summed E-state index contributed by atoms with van der Waals surface area (Å²) in [5.74, 6) is -1.91. The lowest BCUT2D eigenvalue weighted by atomic mass is 9.99. The number of anilines is 1. The maximum Gasteiger partial charge on any atom is 0.338 e. The number of amides is 1. The Kier molecular flexibility index (Phi) is 5.50. The van der Waals surface area contributed by atoms with E-state index in [1.165, 1.54) is 50.2 Å². The zero-order chi connectivity index (χ0) is 22.0. The molecule has 1 N–H and O–H groups in total. The van der Waals surface area contributed by atoms with Crippen molar-refractivity contribution in [2.75, 3.05) is 19.5 Å². The molecule has 10 heteroatoms. The second kappa shape index (κ2) is 8.03. The van der Waals surface area contributed by atoms with Gasteiger partial charge in [-0.3, -0.25) is 14.9 Å². The van der Waals surface area contributed by atoms with E-state index >= 15 is 0 Å². The fraction of sp³-hybridized carbons (Fsp3) is 0.150. The molecule has 0 saturated heterocycles. The number of hydrogen-bond acceptors (Lipinski definition) is 7. The van der Waals surface area contributed by atoms with Crippen molar-refractivity contribution < 1.29 is 28.8 Å². The van der Waals surface area contributed by atoms with Crippen LogP contribution in [0.25, 0.3) is 10.8 Å². The average Bonchev–Trinajstić information content (AvgIpc) is 3.14. The summed E-state index contributed by atoms with van der Waals surface area (Å²) in [6, 6.07) is 8.81. The molecule has 154 valence electrons. The van der Waals surface area contributed by atoms with Crippen LogP contribution >= 0.6 is 0 Å². The average molecular weight is 411 g/mol. The first-order valence-corrected chi connectivity index (χ1v) is 8.62. The van der Waals surface area contributed by atoms with E-state index in [1.54, 1.807) is 12.1 Å². The van der Waals surface area contributed by atoms with Gasteiger partial charge in [0.2, 0.25) is 0 Å². The molecule has 1 amide bonds. The summed E-state index contributed by atoms with van der Waals surface area (Å²) in [5, 5.41) is 14.5. The second-order valence-corrected chi connectivity index (χ2v) is 6.31. The first-order valence-electron chi connectivity index (χ1n) is 8.62. The highest BCUT2D eigenvalue weighted by molar-refractivity contribution is 6.14. The summed E-state index contributed by atoms with van der Waals surface area (Å²) in [7, 11) is 3.94. The van der Waals surface area contributed by atoms with Crippen molar-refractivity contribution in [2.45, 2.75) is 0 Å². The molecule has 0 unspecified atom stereocenters. The van der Waals surface area contributed by atoms with E-state index in [4.69, 9.17) is 9.47 Å². The number of hydrogen-bond donors (Lipinski definition) is 1. The predicted octanol–water partition coefficient (Wildman–Crippen LogP) is 2.91. The van der Waals surface area contributed by atoms with E-state index in [0.717, 1.165) is 6.07 Å². The summed E-state index contributed by atoms with van der Waals surface area (Å²) in [5.41, 5.74) is 0.346. The molecule has 1 heterocycles. The van der Waals surface area contributed by atoms with E-state index < -0.39 is 22.8 Å². The Morgan fingerprint density at radius 1 is 1.03 bits per heavy atom. The molecule has 3 aromatic rings. The van der Waals surface area contributed by atoms with Gasteiger partial charge in [-0.05, 0) is 23.6 Å². The summed E-state index contributed by atoms with van der Waals surface area (Å²) >= 11 is 0. The molecule has 0 aliphatic heterocycles. The molecule has 1 aromatic heterocycles. The molecule has 0 bridgehead atoms. The highest BCUT2D eigenvalue weighted by Crippen LogP contribution is 2.30. The Bertz CT molecular complexity index is 1200. The largest absolute Gasteiger partial charge is 0.465 e. The monoisotopic (exact) mass is 411 g/mol. The van der Waals surface area contributed by atoms with Gasteiger partial charge in [-0.2, -0.15) is 0 Å². The van der Waals surface area contributed by atoms with E-state index in [1.807, 2.05) is 0 Å². The van der Waals surface area contributed by atoms with Crippen molar-refractivity contribution >= 4 is 40.0 Å². The van der Waals surface area contributed by atoms with Crippen LogP contribution in [0.1, 0.15) is 31.2 Å². The smallest absolute Gasteiger partial charge is 0.338 e. The number of rotatable bonds is 5. The number of ether oxygens (including phenoxy) is 2. The van der Waals surface area contributed by atoms with E-state index in [0.29, 0.717) is 10.8 Å². The topological polar surface area (TPSA) is 130 Å². The van der Waals surface area contributed by atoms with Gasteiger partial charge in [0.05, 0.1) is 36.5 Å². The van der Waals surface area contributed by atoms with E-state index in [2.05, 4.69) is 5.32 Å². The van der Waals surface area contributed by atoms with Crippen LogP contribution in [-0.2, 0) is 16.5 Å². The van der Waals surface area contributed by atoms with Crippen LogP contribution in [0.4, 0.5) is 11.4 Å². The Balaban J connectivity index is 2.14. The van der Waals surface area contributed by atoms with E-state index in [-0.39, 0.29) is 28.2 Å². The Morgan fingerprint density at radius 2 is 1.73 bits per heavy atom. The number of carbonyl (C=O) groups excluding carboxylic acids is 3. The molecule has 0 aliphatic rings. The van der Waals surface area contributed by atoms with Crippen molar-refractivity contribution in [1.82, 2.24) is 4.57 Å². The summed E-state index contributed by atoms with van der Waals surface area (Å²) in [6.07, 6.45) is 1.22. The normalized spacial score (nSPS) is 10.5. The third kappa shape index (κ3) is 3.70. The van der Waals surface area contributed by atoms with Crippen LogP contribution in [0.2, 0.25) is 0 Å². The predicted molar refractivity (Wildman–Crippen MR) is 107 cm³/mol. The zero-order valence-corrected chi connectivity index (χ0v) is 16.3. The number of aromatic nitrogens is 1. The van der Waals surface area contributed by atoms with Gasteiger partial charge in [-0.25, -0.2) is 9.59 Å². The SMILES string of the molecule is COC(=O)c1cc(NC(=O)c2cc([N+](=O)[O-])cn2C)c2cccc(C(=O)OC)c2c1. The van der Waals surface area contributed by atoms with Crippen LogP contribution in [0, 0.1) is 10.1 Å². The number of fused-ring (bicyclic) bond motifs is 1. The number of esters is 2. The van der Waals surface area contributed by atoms with E-state index in [9.17, 15) is 24.5 Å². The Labute approximate surface area is 170 Å². The first-order chi connectivity index (χ1) is 14.3. The Hall–Kier alpha value is -4.21. The first kappa shape index (κ1) is 20.5. The van der Waals surface area contributed by atoms with Crippen molar-refractivity contribution in [2.24, 2.45) is 7.05 Å². The van der Waals surface area contributed by atoms with Gasteiger partial charge in [0.25, 0.3) is 11.6 Å². The molecule has 2 aromatic carbocycles. The maximum absolute atomic E-state index is 12.8. The zero-order valence-electron chi connectivity index (χ0n) is 16.3. The molecule has 0 saturated carbocycles. The van der Waals surface area contributed by atoms with Crippen LogP contribution in [0.15, 0.2) is 42.6 Å². The number of nitrogens with zero attached hydrogens (tertiary/aromatic N) is 2. The highest BCUT2D eigenvalue weighted by atomic mass is 16.6. The maximum atomic E-state index is 12.8. The molecule has 0 aliphatic carbocycles. The number of nitro groups is 1. The summed E-state index contributed by atoms with van der Waals surface area (Å²) in [6.45, 7) is 0. The minimum absolute atomic E-state index is 0.0439. The molecule has 3 rings (SSSR count). The standard InChI is InChI=1S/C20H17N3O7/c1-22-10-12(23(27)28)9-17(22)18(24)21-16-8-11(19(25)29-2)7-15-13(16)5-4-6-14(15)20(26)30-3/h4-10H,1-3H3,(H,21,24). The number of benzene rings is 2. The van der Waals surface area contributed by atoms with Gasteiger partial charge in [0.15, 0.2) is 0 Å². The van der Waals surface area contributed by atoms with Gasteiger partial charge in [0.1, 0.15) is 5.69 Å². The minimum atomic E-state index is -0.665. The molecule has 0 spiro atoms. The van der Waals surface area contributed by atoms with Gasteiger partial charge < -0.3 is 19.4 Å². The number of aryl methyl sites for hydroxylation is 1. The van der Waals surface area contributed by atoms with Crippen molar-refractivity contribution in [3.05, 3.63) is 69.5 Å². The molecule has 0 fully saturated rings. The highest BCUT2D eigenvalue weighted by Gasteiger charge is 2.21. The van der Waals surface area contributed by atoms with Gasteiger partial charge >= 0.3 is 11.9 Å². The summed E-state index contributed by atoms with van der Waals surface area (Å²) in [4.78, 5) is 47.4. The van der Waals surface area contributed by atoms with Crippen molar-refractivity contribution in [1.29, 1.82) is 0 Å². The molecule has 30 heavy (non-hydrogen) atoms. The molecular formula is C20H17N3O7. The summed E-state index contributed by atoms with van der Waals surface area (Å²) < 4.78 is 10.9. The third-order valence-electron chi connectivity index (χ3n) is 4.50. The van der Waals surface area contributed by atoms with Gasteiger partial charge in [-0.1, -0.05) is 12.1 Å². The lowest BCUT2D eigenvalue weighted by Crippen LogP contribution is -2.16. The Morgan fingerprint density at radius 3 is 2.33 bits per heavy atom. The fourth-order valence-corrected chi connectivity index (χ4v) is 3.07. The van der Waals surface area contributed by atoms with Crippen LogP contribution in [0.3, 0.4) is 0 Å². The lowest BCUT2D eigenvalue weighted by Gasteiger charge is -2.13. The quantitative estimate of drug-likeness (QED) is 0.388.